The molecule has 1 atom stereocenters. The van der Waals surface area contributed by atoms with Gasteiger partial charge in [-0.3, -0.25) is 9.78 Å². The van der Waals surface area contributed by atoms with Crippen LogP contribution in [-0.2, 0) is 0 Å². The smallest absolute Gasteiger partial charge is 0.266 e. The first-order valence-electron chi connectivity index (χ1n) is 8.26. The molecule has 0 bridgehead atoms. The molecule has 1 unspecified atom stereocenters. The molecule has 0 N–H and O–H groups in total. The van der Waals surface area contributed by atoms with Crippen LogP contribution in [0.3, 0.4) is 0 Å². The number of nitrogens with zero attached hydrogens (tertiary/aromatic N) is 4. The van der Waals surface area contributed by atoms with E-state index in [-0.39, 0.29) is 11.9 Å². The Labute approximate surface area is 149 Å². The molecule has 1 saturated heterocycles. The molecular formula is C18H18N4O2S. The van der Waals surface area contributed by atoms with E-state index in [1.807, 2.05) is 43.0 Å². The van der Waals surface area contributed by atoms with Crippen molar-refractivity contribution in [1.82, 2.24) is 20.0 Å². The number of thiazole rings is 1. The first kappa shape index (κ1) is 16.0. The number of aryl methyl sites for hydroxylation is 2. The van der Waals surface area contributed by atoms with Crippen LogP contribution < -0.4 is 0 Å². The SMILES string of the molecule is Cc1cc(C2CCCN2C(=O)c2sc(-c3ccccn3)nc2C)on1. The highest BCUT2D eigenvalue weighted by molar-refractivity contribution is 7.17. The molecule has 3 aromatic rings. The second-order valence-corrected chi connectivity index (χ2v) is 7.17. The zero-order valence-electron chi connectivity index (χ0n) is 14.1. The second kappa shape index (κ2) is 6.40. The molecule has 6 nitrogen and oxygen atoms in total. The van der Waals surface area contributed by atoms with E-state index in [1.165, 1.54) is 11.3 Å². The fourth-order valence-corrected chi connectivity index (χ4v) is 4.17. The standard InChI is InChI=1S/C18H18N4O2S/c1-11-10-15(24-21-11)14-7-5-9-22(14)18(23)16-12(2)20-17(25-16)13-6-3-4-8-19-13/h3-4,6,8,10,14H,5,7,9H2,1-2H3. The highest BCUT2D eigenvalue weighted by Crippen LogP contribution is 2.36. The molecule has 1 amide bonds. The Morgan fingerprint density at radius 2 is 2.24 bits per heavy atom. The summed E-state index contributed by atoms with van der Waals surface area (Å²) < 4.78 is 5.40. The highest BCUT2D eigenvalue weighted by atomic mass is 32.1. The van der Waals surface area contributed by atoms with Crippen molar-refractivity contribution in [2.45, 2.75) is 32.7 Å². The maximum Gasteiger partial charge on any atom is 0.266 e. The van der Waals surface area contributed by atoms with Gasteiger partial charge < -0.3 is 9.42 Å². The third-order valence-electron chi connectivity index (χ3n) is 4.36. The third kappa shape index (κ3) is 2.95. The number of pyridine rings is 1. The van der Waals surface area contributed by atoms with Gasteiger partial charge in [0.2, 0.25) is 0 Å². The van der Waals surface area contributed by atoms with E-state index >= 15 is 0 Å². The number of amides is 1. The minimum Gasteiger partial charge on any atom is -0.359 e. The van der Waals surface area contributed by atoms with Crippen LogP contribution in [0.5, 0.6) is 0 Å². The third-order valence-corrected chi connectivity index (χ3v) is 5.53. The molecule has 7 heteroatoms. The quantitative estimate of drug-likeness (QED) is 0.715. The van der Waals surface area contributed by atoms with E-state index in [4.69, 9.17) is 4.52 Å². The molecule has 4 heterocycles. The zero-order chi connectivity index (χ0) is 17.4. The number of likely N-dealkylation sites (tertiary alicyclic amines) is 1. The Morgan fingerprint density at radius 1 is 1.36 bits per heavy atom. The lowest BCUT2D eigenvalue weighted by Crippen LogP contribution is -2.30. The molecule has 25 heavy (non-hydrogen) atoms. The van der Waals surface area contributed by atoms with Crippen LogP contribution in [0, 0.1) is 13.8 Å². The van der Waals surface area contributed by atoms with Crippen molar-refractivity contribution >= 4 is 17.2 Å². The maximum absolute atomic E-state index is 13.1. The van der Waals surface area contributed by atoms with Crippen molar-refractivity contribution in [3.05, 3.63) is 52.5 Å². The molecule has 1 aliphatic heterocycles. The van der Waals surface area contributed by atoms with Crippen LogP contribution >= 0.6 is 11.3 Å². The summed E-state index contributed by atoms with van der Waals surface area (Å²) in [5.41, 5.74) is 2.37. The van der Waals surface area contributed by atoms with Crippen molar-refractivity contribution in [3.63, 3.8) is 0 Å². The number of carbonyl (C=O) groups is 1. The predicted octanol–water partition coefficient (Wildman–Crippen LogP) is 3.79. The van der Waals surface area contributed by atoms with E-state index in [0.717, 1.165) is 47.2 Å². The summed E-state index contributed by atoms with van der Waals surface area (Å²) in [5.74, 6) is 0.768. The molecule has 1 aliphatic rings. The first-order chi connectivity index (χ1) is 12.1. The molecule has 0 radical (unpaired) electrons. The van der Waals surface area contributed by atoms with Crippen LogP contribution in [0.25, 0.3) is 10.7 Å². The van der Waals surface area contributed by atoms with Crippen LogP contribution in [0.15, 0.2) is 35.0 Å². The van der Waals surface area contributed by atoms with Gasteiger partial charge in [0.25, 0.3) is 5.91 Å². The number of carbonyl (C=O) groups excluding carboxylic acids is 1. The topological polar surface area (TPSA) is 72.1 Å². The molecule has 0 saturated carbocycles. The zero-order valence-corrected chi connectivity index (χ0v) is 14.9. The second-order valence-electron chi connectivity index (χ2n) is 6.18. The van der Waals surface area contributed by atoms with Crippen molar-refractivity contribution in [2.75, 3.05) is 6.54 Å². The number of hydrogen-bond acceptors (Lipinski definition) is 6. The Hall–Kier alpha value is -2.54. The molecule has 0 aromatic carbocycles. The summed E-state index contributed by atoms with van der Waals surface area (Å²) in [6, 6.07) is 7.55. The van der Waals surface area contributed by atoms with Crippen LogP contribution in [0.4, 0.5) is 0 Å². The number of hydrogen-bond donors (Lipinski definition) is 0. The van der Waals surface area contributed by atoms with E-state index in [0.29, 0.717) is 4.88 Å². The van der Waals surface area contributed by atoms with Crippen LogP contribution in [-0.4, -0.2) is 32.5 Å². The van der Waals surface area contributed by atoms with Crippen molar-refractivity contribution in [1.29, 1.82) is 0 Å². The van der Waals surface area contributed by atoms with Gasteiger partial charge in [0.05, 0.1) is 23.1 Å². The summed E-state index contributed by atoms with van der Waals surface area (Å²) in [6.45, 7) is 4.49. The molecule has 3 aromatic heterocycles. The lowest BCUT2D eigenvalue weighted by Gasteiger charge is -2.22. The summed E-state index contributed by atoms with van der Waals surface area (Å²) in [5, 5.41) is 4.73. The molecule has 4 rings (SSSR count). The maximum atomic E-state index is 13.1. The molecule has 1 fully saturated rings. The van der Waals surface area contributed by atoms with E-state index in [9.17, 15) is 4.79 Å². The number of aromatic nitrogens is 3. The Kier molecular flexibility index (Phi) is 4.09. The van der Waals surface area contributed by atoms with Gasteiger partial charge in [-0.25, -0.2) is 4.98 Å². The van der Waals surface area contributed by atoms with Gasteiger partial charge in [0.15, 0.2) is 5.76 Å². The van der Waals surface area contributed by atoms with Gasteiger partial charge >= 0.3 is 0 Å². The van der Waals surface area contributed by atoms with Crippen molar-refractivity contribution in [3.8, 4) is 10.7 Å². The minimum absolute atomic E-state index is 0.00809. The van der Waals surface area contributed by atoms with Gasteiger partial charge in [0.1, 0.15) is 9.88 Å². The summed E-state index contributed by atoms with van der Waals surface area (Å²) in [6.07, 6.45) is 3.59. The average Bonchev–Trinajstić information content (AvgIpc) is 3.34. The van der Waals surface area contributed by atoms with E-state index in [1.54, 1.807) is 6.20 Å². The fourth-order valence-electron chi connectivity index (χ4n) is 3.17. The van der Waals surface area contributed by atoms with Gasteiger partial charge in [0, 0.05) is 18.8 Å². The summed E-state index contributed by atoms with van der Waals surface area (Å²) in [7, 11) is 0. The van der Waals surface area contributed by atoms with Crippen molar-refractivity contribution in [2.24, 2.45) is 0 Å². The molecule has 0 aliphatic carbocycles. The van der Waals surface area contributed by atoms with Gasteiger partial charge in [-0.1, -0.05) is 11.2 Å². The fraction of sp³-hybridized carbons (Fsp3) is 0.333. The normalized spacial score (nSPS) is 17.2. The lowest BCUT2D eigenvalue weighted by molar-refractivity contribution is 0.0718. The Morgan fingerprint density at radius 3 is 2.96 bits per heavy atom. The number of rotatable bonds is 3. The highest BCUT2D eigenvalue weighted by Gasteiger charge is 2.34. The monoisotopic (exact) mass is 354 g/mol. The largest absolute Gasteiger partial charge is 0.359 e. The van der Waals surface area contributed by atoms with Crippen molar-refractivity contribution < 1.29 is 9.32 Å². The summed E-state index contributed by atoms with van der Waals surface area (Å²) in [4.78, 5) is 24.5. The van der Waals surface area contributed by atoms with Gasteiger partial charge in [-0.15, -0.1) is 11.3 Å². The van der Waals surface area contributed by atoms with Crippen LogP contribution in [0.2, 0.25) is 0 Å². The van der Waals surface area contributed by atoms with Gasteiger partial charge in [-0.05, 0) is 38.8 Å². The summed E-state index contributed by atoms with van der Waals surface area (Å²) >= 11 is 1.40. The minimum atomic E-state index is -0.0477. The lowest BCUT2D eigenvalue weighted by atomic mass is 10.1. The first-order valence-corrected chi connectivity index (χ1v) is 9.08. The Balaban J connectivity index is 1.63. The van der Waals surface area contributed by atoms with Crippen LogP contribution in [0.1, 0.15) is 45.7 Å². The predicted molar refractivity (Wildman–Crippen MR) is 94.3 cm³/mol. The van der Waals surface area contributed by atoms with Gasteiger partial charge in [-0.2, -0.15) is 0 Å². The molecular weight excluding hydrogens is 336 g/mol. The van der Waals surface area contributed by atoms with E-state index in [2.05, 4.69) is 15.1 Å². The van der Waals surface area contributed by atoms with E-state index < -0.39 is 0 Å². The molecule has 0 spiro atoms. The Bertz CT molecular complexity index is 903. The average molecular weight is 354 g/mol. The molecule has 128 valence electrons.